The summed E-state index contributed by atoms with van der Waals surface area (Å²) < 4.78 is 0. The Hall–Kier alpha value is -4.32. The first-order valence-corrected chi connectivity index (χ1v) is 9.46. The van der Waals surface area contributed by atoms with E-state index in [1.165, 1.54) is 10.9 Å². The van der Waals surface area contributed by atoms with Gasteiger partial charge in [-0.25, -0.2) is 0 Å². The van der Waals surface area contributed by atoms with Crippen molar-refractivity contribution in [2.24, 2.45) is 11.5 Å². The molecule has 2 heterocycles. The van der Waals surface area contributed by atoms with E-state index in [0.717, 1.165) is 22.2 Å². The van der Waals surface area contributed by atoms with Crippen molar-refractivity contribution >= 4 is 33.5 Å². The van der Waals surface area contributed by atoms with E-state index in [9.17, 15) is 0 Å². The van der Waals surface area contributed by atoms with E-state index < -0.39 is 0 Å². The summed E-state index contributed by atoms with van der Waals surface area (Å²) in [6.45, 7) is 0. The van der Waals surface area contributed by atoms with Crippen molar-refractivity contribution in [2.45, 2.75) is 0 Å². The number of nitrogen functional groups attached to an aromatic ring is 2. The van der Waals surface area contributed by atoms with E-state index in [1.54, 1.807) is 12.1 Å². The Bertz CT molecular complexity index is 1310. The molecule has 0 saturated heterocycles. The largest absolute Gasteiger partial charge is 0.384 e. The number of amidine groups is 2. The molecule has 0 amide bonds. The van der Waals surface area contributed by atoms with E-state index in [0.29, 0.717) is 11.1 Å². The zero-order valence-corrected chi connectivity index (χ0v) is 16.2. The topological polar surface area (TPSA) is 131 Å². The van der Waals surface area contributed by atoms with E-state index in [-0.39, 0.29) is 11.7 Å². The van der Waals surface area contributed by atoms with Crippen LogP contribution in [0.3, 0.4) is 0 Å². The van der Waals surface area contributed by atoms with Gasteiger partial charge in [-0.2, -0.15) is 0 Å². The number of fused-ring (bicyclic) bond motifs is 2. The summed E-state index contributed by atoms with van der Waals surface area (Å²) in [4.78, 5) is 6.42. The van der Waals surface area contributed by atoms with Gasteiger partial charge in [0.05, 0.1) is 0 Å². The van der Waals surface area contributed by atoms with Crippen LogP contribution in [0.1, 0.15) is 11.1 Å². The number of aromatic nitrogens is 2. The van der Waals surface area contributed by atoms with E-state index in [1.807, 2.05) is 54.7 Å². The number of para-hydroxylation sites is 1. The van der Waals surface area contributed by atoms with Gasteiger partial charge in [-0.1, -0.05) is 48.5 Å². The van der Waals surface area contributed by atoms with Gasteiger partial charge in [0.15, 0.2) is 0 Å². The number of hydrogen-bond acceptors (Lipinski definition) is 2. The molecule has 2 aromatic heterocycles. The Kier molecular flexibility index (Phi) is 5.05. The molecule has 30 heavy (non-hydrogen) atoms. The number of aromatic amines is 2. The van der Waals surface area contributed by atoms with Crippen molar-refractivity contribution in [1.29, 1.82) is 10.8 Å². The number of hydrogen-bond donors (Lipinski definition) is 6. The van der Waals surface area contributed by atoms with Gasteiger partial charge in [-0.3, -0.25) is 10.8 Å². The maximum Gasteiger partial charge on any atom is 0.123 e. The molecule has 0 aliphatic carbocycles. The second-order valence-electron chi connectivity index (χ2n) is 6.93. The molecule has 0 aliphatic rings. The smallest absolute Gasteiger partial charge is 0.123 e. The molecule has 6 nitrogen and oxygen atoms in total. The van der Waals surface area contributed by atoms with Gasteiger partial charge in [-0.05, 0) is 41.3 Å². The minimum atomic E-state index is -0.0461. The Labute approximate surface area is 173 Å². The van der Waals surface area contributed by atoms with Crippen molar-refractivity contribution in [3.8, 4) is 11.3 Å². The zero-order valence-electron chi connectivity index (χ0n) is 16.2. The van der Waals surface area contributed by atoms with Crippen LogP contribution in [0.25, 0.3) is 33.1 Å². The first-order valence-electron chi connectivity index (χ1n) is 9.46. The van der Waals surface area contributed by atoms with Crippen LogP contribution < -0.4 is 11.5 Å². The molecule has 8 N–H and O–H groups in total. The average molecular weight is 394 g/mol. The standard InChI is InChI=1S/C16H15N5.C8H7N/c17-15(18)10-6-12(16(19)20)11-8-13(21-14(11)7-10)9-4-2-1-3-5-9;1-2-4-8-7(3-1)5-6-9-8/h1-8,21H,(H3,17,18)(H3,19,20);1-6,9H. The van der Waals surface area contributed by atoms with Gasteiger partial charge >= 0.3 is 0 Å². The zero-order chi connectivity index (χ0) is 21.1. The quantitative estimate of drug-likeness (QED) is 0.198. The Balaban J connectivity index is 0.000000200. The minimum Gasteiger partial charge on any atom is -0.384 e. The van der Waals surface area contributed by atoms with Gasteiger partial charge in [0.2, 0.25) is 0 Å². The van der Waals surface area contributed by atoms with Crippen molar-refractivity contribution < 1.29 is 0 Å². The van der Waals surface area contributed by atoms with Gasteiger partial charge in [-0.15, -0.1) is 0 Å². The summed E-state index contributed by atoms with van der Waals surface area (Å²) in [5.74, 6) is -0.0861. The summed E-state index contributed by atoms with van der Waals surface area (Å²) >= 11 is 0. The fourth-order valence-corrected chi connectivity index (χ4v) is 3.38. The van der Waals surface area contributed by atoms with E-state index >= 15 is 0 Å². The van der Waals surface area contributed by atoms with Crippen LogP contribution in [0.2, 0.25) is 0 Å². The molecule has 0 unspecified atom stereocenters. The molecule has 3 aromatic carbocycles. The first kappa shape index (κ1) is 19.0. The third-order valence-corrected chi connectivity index (χ3v) is 4.89. The molecular formula is C24H22N6. The van der Waals surface area contributed by atoms with E-state index in [4.69, 9.17) is 22.3 Å². The van der Waals surface area contributed by atoms with E-state index in [2.05, 4.69) is 28.2 Å². The summed E-state index contributed by atoms with van der Waals surface area (Å²) in [7, 11) is 0. The van der Waals surface area contributed by atoms with Crippen molar-refractivity contribution in [3.63, 3.8) is 0 Å². The van der Waals surface area contributed by atoms with Crippen molar-refractivity contribution in [1.82, 2.24) is 9.97 Å². The summed E-state index contributed by atoms with van der Waals surface area (Å²) in [6, 6.07) is 25.6. The predicted octanol–water partition coefficient (Wildman–Crippen LogP) is 4.57. The highest BCUT2D eigenvalue weighted by molar-refractivity contribution is 6.11. The lowest BCUT2D eigenvalue weighted by molar-refractivity contribution is 1.40. The molecule has 0 bridgehead atoms. The highest BCUT2D eigenvalue weighted by Gasteiger charge is 2.12. The Morgan fingerprint density at radius 1 is 0.733 bits per heavy atom. The second kappa shape index (κ2) is 7.97. The van der Waals surface area contributed by atoms with Crippen LogP contribution >= 0.6 is 0 Å². The van der Waals surface area contributed by atoms with Crippen molar-refractivity contribution in [3.05, 3.63) is 96.2 Å². The Morgan fingerprint density at radius 2 is 1.47 bits per heavy atom. The monoisotopic (exact) mass is 394 g/mol. The normalized spacial score (nSPS) is 10.5. The average Bonchev–Trinajstić information content (AvgIpc) is 3.40. The van der Waals surface area contributed by atoms with Crippen LogP contribution in [0.5, 0.6) is 0 Å². The third-order valence-electron chi connectivity index (χ3n) is 4.89. The SMILES string of the molecule is N=C(N)c1cc(C(=N)N)c2cc(-c3ccccc3)[nH]c2c1.c1ccc2[nH]ccc2c1. The molecule has 148 valence electrons. The number of benzene rings is 3. The summed E-state index contributed by atoms with van der Waals surface area (Å²) in [6.07, 6.45) is 1.95. The Morgan fingerprint density at radius 3 is 2.17 bits per heavy atom. The molecule has 0 saturated carbocycles. The molecule has 5 rings (SSSR count). The maximum absolute atomic E-state index is 7.72. The van der Waals surface area contributed by atoms with Crippen LogP contribution in [0, 0.1) is 10.8 Å². The maximum atomic E-state index is 7.72. The lowest BCUT2D eigenvalue weighted by atomic mass is 10.0. The molecule has 0 radical (unpaired) electrons. The van der Waals surface area contributed by atoms with Crippen LogP contribution in [0.15, 0.2) is 85.1 Å². The highest BCUT2D eigenvalue weighted by atomic mass is 14.7. The predicted molar refractivity (Wildman–Crippen MR) is 124 cm³/mol. The number of nitrogens with one attached hydrogen (secondary N) is 4. The van der Waals surface area contributed by atoms with Gasteiger partial charge < -0.3 is 21.4 Å². The van der Waals surface area contributed by atoms with Gasteiger partial charge in [0.25, 0.3) is 0 Å². The molecule has 0 atom stereocenters. The van der Waals surface area contributed by atoms with Crippen LogP contribution in [-0.4, -0.2) is 21.6 Å². The number of H-pyrrole nitrogens is 2. The number of nitrogens with two attached hydrogens (primary N) is 2. The fourth-order valence-electron chi connectivity index (χ4n) is 3.38. The fraction of sp³-hybridized carbons (Fsp3) is 0. The minimum absolute atomic E-state index is 0.0401. The molecule has 0 aliphatic heterocycles. The molecule has 6 heteroatoms. The lowest BCUT2D eigenvalue weighted by Gasteiger charge is -2.04. The van der Waals surface area contributed by atoms with Gasteiger partial charge in [0.1, 0.15) is 11.7 Å². The molecule has 5 aromatic rings. The molecule has 0 fully saturated rings. The highest BCUT2D eigenvalue weighted by Crippen LogP contribution is 2.27. The van der Waals surface area contributed by atoms with Crippen molar-refractivity contribution in [2.75, 3.05) is 0 Å². The van der Waals surface area contributed by atoms with Crippen LogP contribution in [0.4, 0.5) is 0 Å². The van der Waals surface area contributed by atoms with Gasteiger partial charge in [0, 0.05) is 39.4 Å². The first-order chi connectivity index (χ1) is 14.5. The van der Waals surface area contributed by atoms with Crippen LogP contribution in [-0.2, 0) is 0 Å². The second-order valence-corrected chi connectivity index (χ2v) is 6.93. The molecule has 0 spiro atoms. The third kappa shape index (κ3) is 3.79. The lowest BCUT2D eigenvalue weighted by Crippen LogP contribution is -2.15. The summed E-state index contributed by atoms with van der Waals surface area (Å²) in [5.41, 5.74) is 16.3. The summed E-state index contributed by atoms with van der Waals surface area (Å²) in [5, 5.41) is 17.4. The number of rotatable bonds is 3. The molecular weight excluding hydrogens is 372 g/mol.